The van der Waals surface area contributed by atoms with Crippen LogP contribution in [0.3, 0.4) is 0 Å². The van der Waals surface area contributed by atoms with Crippen molar-refractivity contribution in [3.8, 4) is 5.75 Å². The Kier molecular flexibility index (Phi) is 4.95. The van der Waals surface area contributed by atoms with E-state index in [1.165, 1.54) is 0 Å². The first kappa shape index (κ1) is 16.0. The van der Waals surface area contributed by atoms with Crippen molar-refractivity contribution in [1.29, 1.82) is 0 Å². The third kappa shape index (κ3) is 3.90. The molecule has 23 heavy (non-hydrogen) atoms. The van der Waals surface area contributed by atoms with Crippen molar-refractivity contribution in [3.63, 3.8) is 0 Å². The van der Waals surface area contributed by atoms with Gasteiger partial charge in [0.05, 0.1) is 19.6 Å². The lowest BCUT2D eigenvalue weighted by molar-refractivity contribution is -0.131. The predicted octanol–water partition coefficient (Wildman–Crippen LogP) is 2.41. The zero-order valence-corrected chi connectivity index (χ0v) is 14.6. The Labute approximate surface area is 143 Å². The van der Waals surface area contributed by atoms with E-state index in [1.807, 2.05) is 24.3 Å². The van der Waals surface area contributed by atoms with Crippen LogP contribution >= 0.6 is 15.9 Å². The van der Waals surface area contributed by atoms with Gasteiger partial charge in [0.1, 0.15) is 11.6 Å². The molecule has 0 unspecified atom stereocenters. The molecule has 7 heteroatoms. The second kappa shape index (κ2) is 7.12. The average molecular weight is 379 g/mol. The zero-order valence-electron chi connectivity index (χ0n) is 13.0. The summed E-state index contributed by atoms with van der Waals surface area (Å²) in [6.07, 6.45) is 2.43. The quantitative estimate of drug-likeness (QED) is 0.774. The van der Waals surface area contributed by atoms with Crippen LogP contribution in [0.1, 0.15) is 24.5 Å². The summed E-state index contributed by atoms with van der Waals surface area (Å²) in [5.74, 6) is 2.69. The SMILES string of the molecule is CN(Cc1nnc2n1CCC2)C(=O)CCOc1ccc(Br)cc1. The Balaban J connectivity index is 1.47. The number of nitrogens with zero attached hydrogens (tertiary/aromatic N) is 4. The summed E-state index contributed by atoms with van der Waals surface area (Å²) in [4.78, 5) is 13.9. The summed E-state index contributed by atoms with van der Waals surface area (Å²) in [6.45, 7) is 1.80. The highest BCUT2D eigenvalue weighted by Gasteiger charge is 2.19. The molecular formula is C16H19BrN4O2. The number of aryl methyl sites for hydroxylation is 1. The van der Waals surface area contributed by atoms with E-state index in [0.29, 0.717) is 19.6 Å². The minimum Gasteiger partial charge on any atom is -0.493 e. The van der Waals surface area contributed by atoms with Gasteiger partial charge in [-0.25, -0.2) is 0 Å². The van der Waals surface area contributed by atoms with Crippen LogP contribution in [-0.4, -0.2) is 39.2 Å². The minimum absolute atomic E-state index is 0.0393. The highest BCUT2D eigenvalue weighted by atomic mass is 79.9. The molecule has 6 nitrogen and oxygen atoms in total. The fourth-order valence-electron chi connectivity index (χ4n) is 2.61. The maximum absolute atomic E-state index is 12.2. The molecule has 0 saturated heterocycles. The van der Waals surface area contributed by atoms with Gasteiger partial charge < -0.3 is 14.2 Å². The van der Waals surface area contributed by atoms with E-state index in [4.69, 9.17) is 4.74 Å². The van der Waals surface area contributed by atoms with Gasteiger partial charge in [0.25, 0.3) is 0 Å². The van der Waals surface area contributed by atoms with Crippen LogP contribution < -0.4 is 4.74 Å². The number of halogens is 1. The van der Waals surface area contributed by atoms with Crippen LogP contribution in [0.15, 0.2) is 28.7 Å². The first-order chi connectivity index (χ1) is 11.1. The highest BCUT2D eigenvalue weighted by molar-refractivity contribution is 9.10. The number of rotatable bonds is 6. The van der Waals surface area contributed by atoms with Crippen LogP contribution in [0.5, 0.6) is 5.75 Å². The number of benzene rings is 1. The second-order valence-electron chi connectivity index (χ2n) is 5.59. The van der Waals surface area contributed by atoms with Crippen molar-refractivity contribution in [2.24, 2.45) is 0 Å². The van der Waals surface area contributed by atoms with E-state index in [0.717, 1.165) is 41.3 Å². The van der Waals surface area contributed by atoms with Gasteiger partial charge in [-0.05, 0) is 30.7 Å². The largest absolute Gasteiger partial charge is 0.493 e. The standard InChI is InChI=1S/C16H19BrN4O2/c1-20(11-15-19-18-14-3-2-9-21(14)15)16(22)8-10-23-13-6-4-12(17)5-7-13/h4-7H,2-3,8-11H2,1H3. The molecule has 1 aromatic carbocycles. The molecule has 2 aromatic rings. The van der Waals surface area contributed by atoms with Crippen LogP contribution in [0.2, 0.25) is 0 Å². The Morgan fingerprint density at radius 2 is 2.13 bits per heavy atom. The average Bonchev–Trinajstić information content (AvgIpc) is 3.14. The molecule has 1 aromatic heterocycles. The molecular weight excluding hydrogens is 360 g/mol. The fourth-order valence-corrected chi connectivity index (χ4v) is 2.87. The van der Waals surface area contributed by atoms with E-state index in [9.17, 15) is 4.79 Å². The first-order valence-corrected chi connectivity index (χ1v) is 8.46. The maximum atomic E-state index is 12.2. The molecule has 1 aliphatic rings. The van der Waals surface area contributed by atoms with E-state index in [-0.39, 0.29) is 5.91 Å². The van der Waals surface area contributed by atoms with E-state index in [2.05, 4.69) is 30.7 Å². The van der Waals surface area contributed by atoms with Crippen molar-refractivity contribution in [2.75, 3.05) is 13.7 Å². The topological polar surface area (TPSA) is 60.2 Å². The molecule has 0 saturated carbocycles. The van der Waals surface area contributed by atoms with Gasteiger partial charge in [0.2, 0.25) is 5.91 Å². The van der Waals surface area contributed by atoms with Gasteiger partial charge in [0.15, 0.2) is 5.82 Å². The van der Waals surface area contributed by atoms with E-state index >= 15 is 0 Å². The van der Waals surface area contributed by atoms with Crippen LogP contribution in [0, 0.1) is 0 Å². The number of carbonyl (C=O) groups is 1. The fraction of sp³-hybridized carbons (Fsp3) is 0.438. The summed E-state index contributed by atoms with van der Waals surface area (Å²) < 4.78 is 8.70. The smallest absolute Gasteiger partial charge is 0.226 e. The van der Waals surface area contributed by atoms with Crippen LogP contribution in [0.4, 0.5) is 0 Å². The third-order valence-corrected chi connectivity index (χ3v) is 4.42. The van der Waals surface area contributed by atoms with Crippen molar-refractivity contribution in [3.05, 3.63) is 40.4 Å². The molecule has 0 aliphatic carbocycles. The van der Waals surface area contributed by atoms with E-state index in [1.54, 1.807) is 11.9 Å². The maximum Gasteiger partial charge on any atom is 0.226 e. The van der Waals surface area contributed by atoms with Crippen molar-refractivity contribution in [1.82, 2.24) is 19.7 Å². The summed E-state index contributed by atoms with van der Waals surface area (Å²) in [5.41, 5.74) is 0. The lowest BCUT2D eigenvalue weighted by Crippen LogP contribution is -2.28. The minimum atomic E-state index is 0.0393. The summed E-state index contributed by atoms with van der Waals surface area (Å²) in [5, 5.41) is 8.34. The van der Waals surface area contributed by atoms with Gasteiger partial charge in [0, 0.05) is 24.5 Å². The Hall–Kier alpha value is -1.89. The normalized spacial score (nSPS) is 13.0. The van der Waals surface area contributed by atoms with Crippen LogP contribution in [0.25, 0.3) is 0 Å². The summed E-state index contributed by atoms with van der Waals surface area (Å²) in [7, 11) is 1.79. The molecule has 1 aliphatic heterocycles. The van der Waals surface area contributed by atoms with Gasteiger partial charge in [-0.2, -0.15) is 0 Å². The molecule has 122 valence electrons. The van der Waals surface area contributed by atoms with Gasteiger partial charge in [-0.15, -0.1) is 10.2 Å². The second-order valence-corrected chi connectivity index (χ2v) is 6.51. The number of amides is 1. The first-order valence-electron chi connectivity index (χ1n) is 7.67. The molecule has 3 rings (SSSR count). The number of ether oxygens (including phenoxy) is 1. The highest BCUT2D eigenvalue weighted by Crippen LogP contribution is 2.17. The monoisotopic (exact) mass is 378 g/mol. The van der Waals surface area contributed by atoms with Gasteiger partial charge >= 0.3 is 0 Å². The molecule has 0 spiro atoms. The van der Waals surface area contributed by atoms with Crippen molar-refractivity contribution >= 4 is 21.8 Å². The lowest BCUT2D eigenvalue weighted by atomic mass is 10.3. The summed E-state index contributed by atoms with van der Waals surface area (Å²) in [6, 6.07) is 7.57. The van der Waals surface area contributed by atoms with Gasteiger partial charge in [-0.3, -0.25) is 4.79 Å². The molecule has 0 bridgehead atoms. The number of aromatic nitrogens is 3. The van der Waals surface area contributed by atoms with Crippen LogP contribution in [-0.2, 0) is 24.3 Å². The molecule has 0 radical (unpaired) electrons. The van der Waals surface area contributed by atoms with Crippen molar-refractivity contribution < 1.29 is 9.53 Å². The third-order valence-electron chi connectivity index (χ3n) is 3.89. The molecule has 2 heterocycles. The number of fused-ring (bicyclic) bond motifs is 1. The number of hydrogen-bond donors (Lipinski definition) is 0. The molecule has 1 amide bonds. The lowest BCUT2D eigenvalue weighted by Gasteiger charge is -2.17. The molecule has 0 N–H and O–H groups in total. The Morgan fingerprint density at radius 1 is 1.35 bits per heavy atom. The molecule has 0 atom stereocenters. The Morgan fingerprint density at radius 3 is 2.91 bits per heavy atom. The van der Waals surface area contributed by atoms with Gasteiger partial charge in [-0.1, -0.05) is 15.9 Å². The van der Waals surface area contributed by atoms with E-state index < -0.39 is 0 Å². The summed E-state index contributed by atoms with van der Waals surface area (Å²) >= 11 is 3.38. The Bertz CT molecular complexity index is 684. The predicted molar refractivity (Wildman–Crippen MR) is 89.1 cm³/mol. The van der Waals surface area contributed by atoms with Crippen molar-refractivity contribution in [2.45, 2.75) is 32.4 Å². The molecule has 0 fully saturated rings. The number of carbonyl (C=O) groups excluding carboxylic acids is 1. The zero-order chi connectivity index (χ0) is 16.2. The number of hydrogen-bond acceptors (Lipinski definition) is 4.